The molecule has 0 aromatic heterocycles. The zero-order valence-corrected chi connectivity index (χ0v) is 14.7. The number of hydrogen-bond acceptors (Lipinski definition) is 3. The molecule has 0 unspecified atom stereocenters. The molecule has 1 fully saturated rings. The van der Waals surface area contributed by atoms with E-state index in [-0.39, 0.29) is 6.03 Å². The predicted molar refractivity (Wildman–Crippen MR) is 94.2 cm³/mol. The topological polar surface area (TPSA) is 35.6 Å². The first-order valence-corrected chi connectivity index (χ1v) is 9.06. The molecular weight excluding hydrogens is 294 g/mol. The molecular formula is C17H27N3OS. The number of amides is 2. The highest BCUT2D eigenvalue weighted by molar-refractivity contribution is 7.99. The first kappa shape index (κ1) is 17.2. The van der Waals surface area contributed by atoms with Crippen LogP contribution in [0.2, 0.25) is 0 Å². The zero-order chi connectivity index (χ0) is 15.9. The molecule has 1 aliphatic rings. The number of carbonyl (C=O) groups is 1. The molecule has 1 saturated heterocycles. The molecule has 1 aromatic rings. The van der Waals surface area contributed by atoms with E-state index in [1.165, 1.54) is 5.56 Å². The Balaban J connectivity index is 1.85. The minimum atomic E-state index is 0.0624. The van der Waals surface area contributed by atoms with E-state index in [1.54, 1.807) is 0 Å². The van der Waals surface area contributed by atoms with E-state index in [9.17, 15) is 4.79 Å². The van der Waals surface area contributed by atoms with E-state index in [2.05, 4.69) is 55.5 Å². The second-order valence-electron chi connectivity index (χ2n) is 6.16. The lowest BCUT2D eigenvalue weighted by Crippen LogP contribution is -2.45. The SMILES string of the molecule is C[C@@H]1CCSCCN1C(=O)NCc1ccc(CN(C)C)cc1. The maximum atomic E-state index is 12.3. The van der Waals surface area contributed by atoms with Gasteiger partial charge in [0.25, 0.3) is 0 Å². The Kier molecular flexibility index (Phi) is 6.58. The summed E-state index contributed by atoms with van der Waals surface area (Å²) in [5.41, 5.74) is 2.44. The smallest absolute Gasteiger partial charge is 0.317 e. The maximum Gasteiger partial charge on any atom is 0.317 e. The first-order valence-electron chi connectivity index (χ1n) is 7.91. The summed E-state index contributed by atoms with van der Waals surface area (Å²) < 4.78 is 0. The highest BCUT2D eigenvalue weighted by Crippen LogP contribution is 2.16. The van der Waals surface area contributed by atoms with Crippen LogP contribution in [0, 0.1) is 0 Å². The number of benzene rings is 1. The van der Waals surface area contributed by atoms with Crippen molar-refractivity contribution in [3.8, 4) is 0 Å². The van der Waals surface area contributed by atoms with Gasteiger partial charge in [-0.25, -0.2) is 4.79 Å². The van der Waals surface area contributed by atoms with Crippen LogP contribution in [0.3, 0.4) is 0 Å². The van der Waals surface area contributed by atoms with Crippen LogP contribution in [-0.4, -0.2) is 54.0 Å². The fourth-order valence-electron chi connectivity index (χ4n) is 2.60. The molecule has 1 aliphatic heterocycles. The van der Waals surface area contributed by atoms with E-state index in [0.29, 0.717) is 12.6 Å². The van der Waals surface area contributed by atoms with Crippen LogP contribution < -0.4 is 5.32 Å². The second kappa shape index (κ2) is 8.44. The molecule has 1 atom stereocenters. The van der Waals surface area contributed by atoms with E-state index in [0.717, 1.165) is 36.6 Å². The van der Waals surface area contributed by atoms with Crippen molar-refractivity contribution in [2.75, 3.05) is 32.1 Å². The number of urea groups is 1. The van der Waals surface area contributed by atoms with E-state index >= 15 is 0 Å². The lowest BCUT2D eigenvalue weighted by molar-refractivity contribution is 0.182. The van der Waals surface area contributed by atoms with Crippen LogP contribution in [0.25, 0.3) is 0 Å². The second-order valence-corrected chi connectivity index (χ2v) is 7.38. The number of hydrogen-bond donors (Lipinski definition) is 1. The number of nitrogens with one attached hydrogen (secondary N) is 1. The molecule has 122 valence electrons. The molecule has 4 nitrogen and oxygen atoms in total. The van der Waals surface area contributed by atoms with Crippen molar-refractivity contribution in [1.82, 2.24) is 15.1 Å². The van der Waals surface area contributed by atoms with Crippen molar-refractivity contribution in [3.05, 3.63) is 35.4 Å². The lowest BCUT2D eigenvalue weighted by atomic mass is 10.1. The van der Waals surface area contributed by atoms with E-state index < -0.39 is 0 Å². The third-order valence-corrected chi connectivity index (χ3v) is 4.91. The third-order valence-electron chi connectivity index (χ3n) is 3.91. The van der Waals surface area contributed by atoms with Crippen LogP contribution >= 0.6 is 11.8 Å². The van der Waals surface area contributed by atoms with Crippen LogP contribution in [0.4, 0.5) is 4.79 Å². The molecule has 0 aliphatic carbocycles. The molecule has 0 radical (unpaired) electrons. The number of nitrogens with zero attached hydrogens (tertiary/aromatic N) is 2. The van der Waals surface area contributed by atoms with Gasteiger partial charge in [-0.1, -0.05) is 24.3 Å². The van der Waals surface area contributed by atoms with Crippen molar-refractivity contribution < 1.29 is 4.79 Å². The van der Waals surface area contributed by atoms with Crippen LogP contribution in [0.15, 0.2) is 24.3 Å². The Labute approximate surface area is 138 Å². The molecule has 2 rings (SSSR count). The summed E-state index contributed by atoms with van der Waals surface area (Å²) in [4.78, 5) is 16.5. The summed E-state index contributed by atoms with van der Waals surface area (Å²) in [5, 5.41) is 3.05. The van der Waals surface area contributed by atoms with Crippen molar-refractivity contribution in [3.63, 3.8) is 0 Å². The van der Waals surface area contributed by atoms with Gasteiger partial charge in [-0.05, 0) is 44.3 Å². The van der Waals surface area contributed by atoms with Crippen molar-refractivity contribution in [2.24, 2.45) is 0 Å². The average molecular weight is 321 g/mol. The zero-order valence-electron chi connectivity index (χ0n) is 13.8. The van der Waals surface area contributed by atoms with Crippen LogP contribution in [-0.2, 0) is 13.1 Å². The molecule has 0 saturated carbocycles. The fraction of sp³-hybridized carbons (Fsp3) is 0.588. The Hall–Kier alpha value is -1.20. The monoisotopic (exact) mass is 321 g/mol. The standard InChI is InChI=1S/C17H27N3OS/c1-14-8-10-22-11-9-20(14)17(21)18-12-15-4-6-16(7-5-15)13-19(2)3/h4-7,14H,8-13H2,1-3H3,(H,18,21)/t14-/m1/s1. The Morgan fingerprint density at radius 3 is 2.64 bits per heavy atom. The van der Waals surface area contributed by atoms with Gasteiger partial charge in [0.15, 0.2) is 0 Å². The highest BCUT2D eigenvalue weighted by atomic mass is 32.2. The quantitative estimate of drug-likeness (QED) is 0.926. The van der Waals surface area contributed by atoms with Gasteiger partial charge >= 0.3 is 6.03 Å². The van der Waals surface area contributed by atoms with Gasteiger partial charge in [-0.3, -0.25) is 0 Å². The van der Waals surface area contributed by atoms with Gasteiger partial charge in [0.2, 0.25) is 0 Å². The summed E-state index contributed by atoms with van der Waals surface area (Å²) in [6.07, 6.45) is 1.08. The van der Waals surface area contributed by atoms with Gasteiger partial charge in [-0.2, -0.15) is 11.8 Å². The Morgan fingerprint density at radius 2 is 1.95 bits per heavy atom. The van der Waals surface area contributed by atoms with Gasteiger partial charge in [0.05, 0.1) is 0 Å². The van der Waals surface area contributed by atoms with E-state index in [4.69, 9.17) is 0 Å². The maximum absolute atomic E-state index is 12.3. The molecule has 1 aromatic carbocycles. The van der Waals surface area contributed by atoms with Crippen molar-refractivity contribution >= 4 is 17.8 Å². The third kappa shape index (κ3) is 5.21. The molecule has 22 heavy (non-hydrogen) atoms. The van der Waals surface area contributed by atoms with Gasteiger partial charge in [0, 0.05) is 31.4 Å². The first-order chi connectivity index (χ1) is 10.6. The molecule has 5 heteroatoms. The van der Waals surface area contributed by atoms with E-state index in [1.807, 2.05) is 16.7 Å². The molecule has 1 N–H and O–H groups in total. The van der Waals surface area contributed by atoms with Gasteiger partial charge < -0.3 is 15.1 Å². The Morgan fingerprint density at radius 1 is 1.27 bits per heavy atom. The largest absolute Gasteiger partial charge is 0.334 e. The number of rotatable bonds is 4. The fourth-order valence-corrected chi connectivity index (χ4v) is 3.64. The lowest BCUT2D eigenvalue weighted by Gasteiger charge is -2.27. The Bertz CT molecular complexity index is 475. The van der Waals surface area contributed by atoms with Gasteiger partial charge in [-0.15, -0.1) is 0 Å². The number of carbonyl (C=O) groups excluding carboxylic acids is 1. The highest BCUT2D eigenvalue weighted by Gasteiger charge is 2.21. The molecule has 2 amide bonds. The van der Waals surface area contributed by atoms with Crippen molar-refractivity contribution in [2.45, 2.75) is 32.5 Å². The van der Waals surface area contributed by atoms with Crippen LogP contribution in [0.1, 0.15) is 24.5 Å². The molecule has 0 bridgehead atoms. The normalized spacial score (nSPS) is 19.1. The number of thioether (sulfide) groups is 1. The minimum Gasteiger partial charge on any atom is -0.334 e. The van der Waals surface area contributed by atoms with Crippen molar-refractivity contribution in [1.29, 1.82) is 0 Å². The summed E-state index contributed by atoms with van der Waals surface area (Å²) in [6.45, 7) is 4.52. The predicted octanol–water partition coefficient (Wildman–Crippen LogP) is 2.79. The summed E-state index contributed by atoms with van der Waals surface area (Å²) in [5.74, 6) is 2.19. The molecule has 1 heterocycles. The summed E-state index contributed by atoms with van der Waals surface area (Å²) >= 11 is 1.94. The van der Waals surface area contributed by atoms with Crippen LogP contribution in [0.5, 0.6) is 0 Å². The molecule has 0 spiro atoms. The summed E-state index contributed by atoms with van der Waals surface area (Å²) in [6, 6.07) is 8.85. The summed E-state index contributed by atoms with van der Waals surface area (Å²) in [7, 11) is 4.13. The average Bonchev–Trinajstić information content (AvgIpc) is 2.70. The van der Waals surface area contributed by atoms with Gasteiger partial charge in [0.1, 0.15) is 0 Å². The minimum absolute atomic E-state index is 0.0624.